The Balaban J connectivity index is 1.66. The Bertz CT molecular complexity index is 660. The number of benzene rings is 1. The number of aryl methyl sites for hydroxylation is 1. The lowest BCUT2D eigenvalue weighted by Gasteiger charge is -2.14. The molecule has 0 unspecified atom stereocenters. The van der Waals surface area contributed by atoms with Crippen LogP contribution in [0.15, 0.2) is 41.8 Å². The molecule has 0 saturated heterocycles. The summed E-state index contributed by atoms with van der Waals surface area (Å²) in [6.07, 6.45) is 4.15. The molecule has 1 atom stereocenters. The summed E-state index contributed by atoms with van der Waals surface area (Å²) >= 11 is 1.70. The van der Waals surface area contributed by atoms with Gasteiger partial charge in [-0.1, -0.05) is 17.8 Å². The summed E-state index contributed by atoms with van der Waals surface area (Å²) in [7, 11) is 3.59. The molecule has 0 saturated carbocycles. The molecule has 0 bridgehead atoms. The first-order chi connectivity index (χ1) is 11.6. The molecule has 0 spiro atoms. The number of aromatic nitrogens is 2. The normalized spacial score (nSPS) is 12.0. The van der Waals surface area contributed by atoms with Crippen molar-refractivity contribution in [2.45, 2.75) is 24.5 Å². The third-order valence-electron chi connectivity index (χ3n) is 3.45. The predicted octanol–water partition coefficient (Wildman–Crippen LogP) is 2.53. The van der Waals surface area contributed by atoms with E-state index in [4.69, 9.17) is 4.74 Å². The quantitative estimate of drug-likeness (QED) is 0.538. The average molecular weight is 348 g/mol. The van der Waals surface area contributed by atoms with Crippen LogP contribution in [0.2, 0.25) is 0 Å². The molecule has 1 heterocycles. The van der Waals surface area contributed by atoms with Crippen LogP contribution >= 0.6 is 11.8 Å². The van der Waals surface area contributed by atoms with Crippen LogP contribution in [-0.4, -0.2) is 40.9 Å². The number of amides is 1. The molecule has 1 aromatic heterocycles. The van der Waals surface area contributed by atoms with Crippen molar-refractivity contribution >= 4 is 23.4 Å². The van der Waals surface area contributed by atoms with Crippen LogP contribution in [0, 0.1) is 0 Å². The summed E-state index contributed by atoms with van der Waals surface area (Å²) < 4.78 is 7.14. The third kappa shape index (κ3) is 5.90. The van der Waals surface area contributed by atoms with Crippen molar-refractivity contribution in [1.82, 2.24) is 14.9 Å². The van der Waals surface area contributed by atoms with E-state index in [0.29, 0.717) is 6.42 Å². The third-order valence-corrected chi connectivity index (χ3v) is 4.51. The van der Waals surface area contributed by atoms with Gasteiger partial charge in [0, 0.05) is 56.0 Å². The Morgan fingerprint density at radius 2 is 2.29 bits per heavy atom. The molecule has 1 amide bonds. The predicted molar refractivity (Wildman–Crippen MR) is 97.6 cm³/mol. The molecule has 2 aromatic rings. The molecule has 130 valence electrons. The zero-order valence-corrected chi connectivity index (χ0v) is 15.1. The molecule has 0 aliphatic rings. The van der Waals surface area contributed by atoms with E-state index < -0.39 is 0 Å². The molecule has 6 nitrogen and oxygen atoms in total. The lowest BCUT2D eigenvalue weighted by molar-refractivity contribution is -0.116. The highest BCUT2D eigenvalue weighted by atomic mass is 32.2. The Kier molecular flexibility index (Phi) is 7.14. The number of ether oxygens (including phenoxy) is 1. The summed E-state index contributed by atoms with van der Waals surface area (Å²) in [4.78, 5) is 16.3. The molecule has 0 fully saturated rings. The summed E-state index contributed by atoms with van der Waals surface area (Å²) in [5, 5.41) is 7.25. The van der Waals surface area contributed by atoms with Crippen molar-refractivity contribution in [1.29, 1.82) is 0 Å². The fourth-order valence-electron chi connectivity index (χ4n) is 2.20. The van der Waals surface area contributed by atoms with E-state index >= 15 is 0 Å². The number of hydrogen-bond donors (Lipinski definition) is 2. The number of rotatable bonds is 9. The second-order valence-corrected chi connectivity index (χ2v) is 6.57. The molecule has 7 heteroatoms. The van der Waals surface area contributed by atoms with Crippen molar-refractivity contribution in [3.05, 3.63) is 36.7 Å². The monoisotopic (exact) mass is 348 g/mol. The van der Waals surface area contributed by atoms with Gasteiger partial charge in [-0.25, -0.2) is 4.98 Å². The van der Waals surface area contributed by atoms with Crippen LogP contribution in [0.3, 0.4) is 0 Å². The number of methoxy groups -OCH3 is 1. The van der Waals surface area contributed by atoms with E-state index in [1.807, 2.05) is 42.9 Å². The van der Waals surface area contributed by atoms with Gasteiger partial charge < -0.3 is 19.9 Å². The highest BCUT2D eigenvalue weighted by Crippen LogP contribution is 2.17. The maximum absolute atomic E-state index is 12.1. The number of thioether (sulfide) groups is 1. The number of imidazole rings is 1. The standard InChI is InChI=1S/C17H24N4O2S/c1-13(18-8-10-24-17-19-7-9-21(17)2)11-16(22)20-14-5-4-6-15(12-14)23-3/h4-7,9,12-13,18H,8,10-11H2,1-3H3,(H,20,22)/t13-/m0/s1. The lowest BCUT2D eigenvalue weighted by atomic mass is 10.2. The van der Waals surface area contributed by atoms with Gasteiger partial charge in [-0.3, -0.25) is 4.79 Å². The van der Waals surface area contributed by atoms with Gasteiger partial charge in [-0.2, -0.15) is 0 Å². The van der Waals surface area contributed by atoms with Crippen molar-refractivity contribution in [3.63, 3.8) is 0 Å². The van der Waals surface area contributed by atoms with Gasteiger partial charge in [-0.15, -0.1) is 0 Å². The first-order valence-electron chi connectivity index (χ1n) is 7.86. The van der Waals surface area contributed by atoms with Crippen molar-refractivity contribution < 1.29 is 9.53 Å². The van der Waals surface area contributed by atoms with Gasteiger partial charge >= 0.3 is 0 Å². The Morgan fingerprint density at radius 3 is 3.00 bits per heavy atom. The fourth-order valence-corrected chi connectivity index (χ4v) is 3.00. The first-order valence-corrected chi connectivity index (χ1v) is 8.84. The fraction of sp³-hybridized carbons (Fsp3) is 0.412. The smallest absolute Gasteiger partial charge is 0.225 e. The minimum absolute atomic E-state index is 0.0139. The minimum atomic E-state index is -0.0139. The first kappa shape index (κ1) is 18.4. The van der Waals surface area contributed by atoms with E-state index in [1.165, 1.54) is 0 Å². The summed E-state index contributed by atoms with van der Waals surface area (Å²) in [6, 6.07) is 7.46. The van der Waals surface area contributed by atoms with Crippen molar-refractivity contribution in [2.75, 3.05) is 24.7 Å². The van der Waals surface area contributed by atoms with Gasteiger partial charge in [-0.05, 0) is 19.1 Å². The number of nitrogens with one attached hydrogen (secondary N) is 2. The number of hydrogen-bond acceptors (Lipinski definition) is 5. The van der Waals surface area contributed by atoms with Crippen molar-refractivity contribution in [2.24, 2.45) is 7.05 Å². The summed E-state index contributed by atoms with van der Waals surface area (Å²) in [5.74, 6) is 1.62. The zero-order chi connectivity index (χ0) is 17.4. The zero-order valence-electron chi connectivity index (χ0n) is 14.3. The van der Waals surface area contributed by atoms with Crippen molar-refractivity contribution in [3.8, 4) is 5.75 Å². The molecule has 1 aromatic carbocycles. The highest BCUT2D eigenvalue weighted by Gasteiger charge is 2.09. The molecule has 0 aliphatic carbocycles. The molecular weight excluding hydrogens is 324 g/mol. The number of anilines is 1. The number of nitrogens with zero attached hydrogens (tertiary/aromatic N) is 2. The maximum Gasteiger partial charge on any atom is 0.225 e. The topological polar surface area (TPSA) is 68.2 Å². The molecule has 2 rings (SSSR count). The Morgan fingerprint density at radius 1 is 1.46 bits per heavy atom. The van der Waals surface area contributed by atoms with E-state index in [2.05, 4.69) is 15.6 Å². The summed E-state index contributed by atoms with van der Waals surface area (Å²) in [6.45, 7) is 2.84. The highest BCUT2D eigenvalue weighted by molar-refractivity contribution is 7.99. The maximum atomic E-state index is 12.1. The Hall–Kier alpha value is -1.99. The summed E-state index contributed by atoms with van der Waals surface area (Å²) in [5.41, 5.74) is 0.747. The van der Waals surface area contributed by atoms with E-state index in [0.717, 1.165) is 28.9 Å². The van der Waals surface area contributed by atoms with Crippen LogP contribution in [0.4, 0.5) is 5.69 Å². The van der Waals surface area contributed by atoms with Gasteiger partial charge in [0.05, 0.1) is 7.11 Å². The second kappa shape index (κ2) is 9.34. The minimum Gasteiger partial charge on any atom is -0.497 e. The van der Waals surface area contributed by atoms with Gasteiger partial charge in [0.1, 0.15) is 5.75 Å². The average Bonchev–Trinajstić information content (AvgIpc) is 2.96. The molecule has 2 N–H and O–H groups in total. The van der Waals surface area contributed by atoms with E-state index in [-0.39, 0.29) is 11.9 Å². The van der Waals surface area contributed by atoms with Gasteiger partial charge in [0.25, 0.3) is 0 Å². The molecule has 24 heavy (non-hydrogen) atoms. The molecular formula is C17H24N4O2S. The van der Waals surface area contributed by atoms with Gasteiger partial charge in [0.2, 0.25) is 5.91 Å². The van der Waals surface area contributed by atoms with Crippen LogP contribution in [-0.2, 0) is 11.8 Å². The van der Waals surface area contributed by atoms with E-state index in [9.17, 15) is 4.79 Å². The van der Waals surface area contributed by atoms with E-state index in [1.54, 1.807) is 31.1 Å². The number of carbonyl (C=O) groups is 1. The number of carbonyl (C=O) groups excluding carboxylic acids is 1. The molecule has 0 aliphatic heterocycles. The second-order valence-electron chi connectivity index (χ2n) is 5.51. The van der Waals surface area contributed by atoms with Crippen LogP contribution in [0.1, 0.15) is 13.3 Å². The Labute approximate surface area is 147 Å². The largest absolute Gasteiger partial charge is 0.497 e. The molecule has 0 radical (unpaired) electrons. The SMILES string of the molecule is COc1cccc(NC(=O)C[C@H](C)NCCSc2nccn2C)c1. The van der Waals surface area contributed by atoms with Crippen LogP contribution in [0.25, 0.3) is 0 Å². The van der Waals surface area contributed by atoms with Crippen LogP contribution < -0.4 is 15.4 Å². The lowest BCUT2D eigenvalue weighted by Crippen LogP contribution is -2.32. The van der Waals surface area contributed by atoms with Crippen LogP contribution in [0.5, 0.6) is 5.75 Å². The van der Waals surface area contributed by atoms with Gasteiger partial charge in [0.15, 0.2) is 5.16 Å².